The summed E-state index contributed by atoms with van der Waals surface area (Å²) in [6, 6.07) is 5.71. The first kappa shape index (κ1) is 15.8. The fourth-order valence-electron chi connectivity index (χ4n) is 1.42. The van der Waals surface area contributed by atoms with E-state index in [1.54, 1.807) is 13.0 Å². The highest BCUT2D eigenvalue weighted by Crippen LogP contribution is 2.24. The molecule has 3 nitrogen and oxygen atoms in total. The van der Waals surface area contributed by atoms with Crippen LogP contribution in [0, 0.1) is 0 Å². The molecule has 1 aromatic carbocycles. The molecule has 1 aromatic rings. The Balaban J connectivity index is 2.71. The molecule has 4 heteroatoms. The van der Waals surface area contributed by atoms with Gasteiger partial charge in [-0.2, -0.15) is 0 Å². The first-order chi connectivity index (χ1) is 9.17. The Kier molecular flexibility index (Phi) is 7.26. The van der Waals surface area contributed by atoms with E-state index in [2.05, 4.69) is 22.9 Å². The van der Waals surface area contributed by atoms with Crippen LogP contribution in [0.5, 0.6) is 5.75 Å². The highest BCUT2D eigenvalue weighted by molar-refractivity contribution is 9.10. The topological polar surface area (TPSA) is 35.5 Å². The van der Waals surface area contributed by atoms with E-state index in [1.807, 2.05) is 18.2 Å². The van der Waals surface area contributed by atoms with Gasteiger partial charge in [-0.25, -0.2) is 4.79 Å². The van der Waals surface area contributed by atoms with Crippen molar-refractivity contribution in [3.05, 3.63) is 34.3 Å². The first-order valence-electron chi connectivity index (χ1n) is 6.44. The normalized spacial score (nSPS) is 10.7. The summed E-state index contributed by atoms with van der Waals surface area (Å²) in [5.74, 6) is 0.465. The predicted molar refractivity (Wildman–Crippen MR) is 80.2 cm³/mol. The molecule has 0 aliphatic rings. The molecule has 19 heavy (non-hydrogen) atoms. The van der Waals surface area contributed by atoms with Crippen LogP contribution in [0.4, 0.5) is 0 Å². The highest BCUT2D eigenvalue weighted by Gasteiger charge is 2.01. The lowest BCUT2D eigenvalue weighted by Crippen LogP contribution is -1.99. The molecule has 0 saturated carbocycles. The van der Waals surface area contributed by atoms with Crippen molar-refractivity contribution in [2.24, 2.45) is 0 Å². The summed E-state index contributed by atoms with van der Waals surface area (Å²) < 4.78 is 11.4. The number of esters is 1. The summed E-state index contributed by atoms with van der Waals surface area (Å²) in [5.41, 5.74) is 0.891. The highest BCUT2D eigenvalue weighted by atomic mass is 79.9. The zero-order chi connectivity index (χ0) is 14.1. The van der Waals surface area contributed by atoms with Gasteiger partial charge in [0, 0.05) is 10.5 Å². The maximum absolute atomic E-state index is 11.3. The molecule has 0 fully saturated rings. The number of halogens is 1. The molecule has 0 heterocycles. The molecule has 0 radical (unpaired) electrons. The van der Waals surface area contributed by atoms with Crippen LogP contribution < -0.4 is 4.74 Å². The van der Waals surface area contributed by atoms with Gasteiger partial charge in [0.1, 0.15) is 5.75 Å². The van der Waals surface area contributed by atoms with Crippen molar-refractivity contribution in [1.82, 2.24) is 0 Å². The number of carbonyl (C=O) groups is 1. The lowest BCUT2D eigenvalue weighted by Gasteiger charge is -2.07. The van der Waals surface area contributed by atoms with Gasteiger partial charge in [0.2, 0.25) is 0 Å². The molecular formula is C15H19BrO3. The van der Waals surface area contributed by atoms with E-state index < -0.39 is 0 Å². The molecule has 0 aliphatic carbocycles. The van der Waals surface area contributed by atoms with E-state index >= 15 is 0 Å². The molecule has 1 rings (SSSR count). The maximum atomic E-state index is 11.3. The van der Waals surface area contributed by atoms with E-state index in [0.29, 0.717) is 13.2 Å². The first-order valence-corrected chi connectivity index (χ1v) is 7.23. The Labute approximate surface area is 122 Å². The van der Waals surface area contributed by atoms with Crippen molar-refractivity contribution in [2.45, 2.75) is 26.7 Å². The number of hydrogen-bond donors (Lipinski definition) is 0. The molecule has 0 spiro atoms. The van der Waals surface area contributed by atoms with Gasteiger partial charge in [0.05, 0.1) is 13.2 Å². The molecule has 0 saturated heterocycles. The van der Waals surface area contributed by atoms with Gasteiger partial charge in [-0.15, -0.1) is 0 Å². The number of carbonyl (C=O) groups excluding carboxylic acids is 1. The minimum absolute atomic E-state index is 0.341. The van der Waals surface area contributed by atoms with Crippen molar-refractivity contribution in [3.8, 4) is 5.75 Å². The lowest BCUT2D eigenvalue weighted by molar-refractivity contribution is -0.137. The van der Waals surface area contributed by atoms with E-state index in [0.717, 1.165) is 28.6 Å². The second-order valence-corrected chi connectivity index (χ2v) is 4.83. The second kappa shape index (κ2) is 8.75. The fraction of sp³-hybridized carbons (Fsp3) is 0.400. The van der Waals surface area contributed by atoms with Crippen LogP contribution in [0.2, 0.25) is 0 Å². The molecule has 0 aliphatic heterocycles. The van der Waals surface area contributed by atoms with E-state index in [-0.39, 0.29) is 5.97 Å². The zero-order valence-electron chi connectivity index (χ0n) is 11.3. The third kappa shape index (κ3) is 5.92. The molecule has 0 bridgehead atoms. The fourth-order valence-corrected chi connectivity index (χ4v) is 1.80. The molecule has 0 atom stereocenters. The van der Waals surface area contributed by atoms with Crippen LogP contribution in [0.1, 0.15) is 32.3 Å². The minimum Gasteiger partial charge on any atom is -0.494 e. The standard InChI is InChI=1S/C15H19BrO3/c1-3-5-10-19-13-7-8-14(16)12(11-13)6-9-15(17)18-4-2/h6-9,11H,3-5,10H2,1-2H3/b9-6+. The molecular weight excluding hydrogens is 308 g/mol. The van der Waals surface area contributed by atoms with Crippen molar-refractivity contribution in [1.29, 1.82) is 0 Å². The van der Waals surface area contributed by atoms with Gasteiger partial charge < -0.3 is 9.47 Å². The number of ether oxygens (including phenoxy) is 2. The number of benzene rings is 1. The predicted octanol–water partition coefficient (Wildman–Crippen LogP) is 4.20. The summed E-state index contributed by atoms with van der Waals surface area (Å²) in [7, 11) is 0. The Morgan fingerprint density at radius 2 is 2.16 bits per heavy atom. The summed E-state index contributed by atoms with van der Waals surface area (Å²) in [6.07, 6.45) is 5.27. The van der Waals surface area contributed by atoms with Gasteiger partial charge in [-0.1, -0.05) is 29.3 Å². The van der Waals surface area contributed by atoms with Crippen molar-refractivity contribution in [3.63, 3.8) is 0 Å². The van der Waals surface area contributed by atoms with Crippen LogP contribution in [-0.2, 0) is 9.53 Å². The number of hydrogen-bond acceptors (Lipinski definition) is 3. The van der Waals surface area contributed by atoms with Crippen molar-refractivity contribution < 1.29 is 14.3 Å². The zero-order valence-corrected chi connectivity index (χ0v) is 12.9. The van der Waals surface area contributed by atoms with E-state index in [9.17, 15) is 4.79 Å². The third-order valence-electron chi connectivity index (χ3n) is 2.42. The number of unbranched alkanes of at least 4 members (excludes halogenated alkanes) is 1. The second-order valence-electron chi connectivity index (χ2n) is 3.97. The summed E-state index contributed by atoms with van der Waals surface area (Å²) in [5, 5.41) is 0. The largest absolute Gasteiger partial charge is 0.494 e. The molecule has 0 unspecified atom stereocenters. The lowest BCUT2D eigenvalue weighted by atomic mass is 10.2. The van der Waals surface area contributed by atoms with Crippen LogP contribution in [0.15, 0.2) is 28.7 Å². The molecule has 104 valence electrons. The third-order valence-corrected chi connectivity index (χ3v) is 3.14. The van der Waals surface area contributed by atoms with Crippen LogP contribution in [0.25, 0.3) is 6.08 Å². The Morgan fingerprint density at radius 1 is 1.37 bits per heavy atom. The Hall–Kier alpha value is -1.29. The SMILES string of the molecule is CCCCOc1ccc(Br)c(/C=C/C(=O)OCC)c1. The molecule has 0 N–H and O–H groups in total. The number of rotatable bonds is 7. The average molecular weight is 327 g/mol. The van der Waals surface area contributed by atoms with Crippen molar-refractivity contribution in [2.75, 3.05) is 13.2 Å². The van der Waals surface area contributed by atoms with Gasteiger partial charge >= 0.3 is 5.97 Å². The van der Waals surface area contributed by atoms with Gasteiger partial charge in [0.25, 0.3) is 0 Å². The van der Waals surface area contributed by atoms with E-state index in [1.165, 1.54) is 6.08 Å². The Morgan fingerprint density at radius 3 is 2.84 bits per heavy atom. The monoisotopic (exact) mass is 326 g/mol. The molecule has 0 amide bonds. The van der Waals surface area contributed by atoms with Crippen LogP contribution in [0.3, 0.4) is 0 Å². The summed E-state index contributed by atoms with van der Waals surface area (Å²) in [6.45, 7) is 4.99. The maximum Gasteiger partial charge on any atom is 0.330 e. The van der Waals surface area contributed by atoms with Gasteiger partial charge in [0.15, 0.2) is 0 Å². The summed E-state index contributed by atoms with van der Waals surface area (Å²) >= 11 is 3.44. The van der Waals surface area contributed by atoms with Gasteiger partial charge in [-0.05, 0) is 43.2 Å². The van der Waals surface area contributed by atoms with E-state index in [4.69, 9.17) is 9.47 Å². The van der Waals surface area contributed by atoms with Gasteiger partial charge in [-0.3, -0.25) is 0 Å². The van der Waals surface area contributed by atoms with Crippen LogP contribution in [-0.4, -0.2) is 19.2 Å². The van der Waals surface area contributed by atoms with Crippen LogP contribution >= 0.6 is 15.9 Å². The average Bonchev–Trinajstić information content (AvgIpc) is 2.40. The Bertz CT molecular complexity index is 441. The smallest absolute Gasteiger partial charge is 0.330 e. The minimum atomic E-state index is -0.341. The molecule has 0 aromatic heterocycles. The van der Waals surface area contributed by atoms with Crippen molar-refractivity contribution >= 4 is 28.0 Å². The quantitative estimate of drug-likeness (QED) is 0.428. The summed E-state index contributed by atoms with van der Waals surface area (Å²) in [4.78, 5) is 11.3.